The Kier molecular flexibility index (Phi) is 10.3. The molecule has 0 bridgehead atoms. The number of halogens is 1. The van der Waals surface area contributed by atoms with Crippen molar-refractivity contribution < 1.29 is 0 Å². The average Bonchev–Trinajstić information content (AvgIpc) is 3.04. The summed E-state index contributed by atoms with van der Waals surface area (Å²) in [5, 5.41) is 11.0. The topological polar surface area (TPSA) is 54.2 Å². The molecule has 6 heteroatoms. The Morgan fingerprint density at radius 2 is 1.92 bits per heavy atom. The second kappa shape index (κ2) is 11.9. The van der Waals surface area contributed by atoms with E-state index in [0.717, 1.165) is 38.6 Å². The summed E-state index contributed by atoms with van der Waals surface area (Å²) in [4.78, 5) is 4.71. The van der Waals surface area contributed by atoms with Gasteiger partial charge in [-0.1, -0.05) is 36.2 Å². The first-order chi connectivity index (χ1) is 12.1. The molecule has 26 heavy (non-hydrogen) atoms. The van der Waals surface area contributed by atoms with Crippen LogP contribution in [0.2, 0.25) is 0 Å². The first kappa shape index (κ1) is 22.5. The molecule has 0 aliphatic heterocycles. The molecule has 0 aliphatic rings. The zero-order chi connectivity index (χ0) is 18.1. The minimum absolute atomic E-state index is 0. The van der Waals surface area contributed by atoms with Gasteiger partial charge in [-0.2, -0.15) is 5.10 Å². The first-order valence-corrected chi connectivity index (χ1v) is 9.13. The molecule has 1 atom stereocenters. The lowest BCUT2D eigenvalue weighted by Crippen LogP contribution is -2.38. The monoisotopic (exact) mass is 469 g/mol. The summed E-state index contributed by atoms with van der Waals surface area (Å²) < 4.78 is 1.96. The Hall–Kier alpha value is -1.57. The molecule has 2 rings (SSSR count). The van der Waals surface area contributed by atoms with Gasteiger partial charge in [-0.25, -0.2) is 0 Å². The van der Waals surface area contributed by atoms with Crippen LogP contribution in [0.1, 0.15) is 30.5 Å². The van der Waals surface area contributed by atoms with Crippen LogP contribution >= 0.6 is 24.0 Å². The van der Waals surface area contributed by atoms with E-state index in [2.05, 4.69) is 61.6 Å². The predicted octanol–water partition coefficient (Wildman–Crippen LogP) is 3.55. The molecule has 1 unspecified atom stereocenters. The Labute approximate surface area is 174 Å². The number of benzene rings is 1. The van der Waals surface area contributed by atoms with Crippen molar-refractivity contribution in [1.82, 2.24) is 20.4 Å². The molecule has 144 valence electrons. The Morgan fingerprint density at radius 1 is 1.19 bits per heavy atom. The number of guanidine groups is 1. The van der Waals surface area contributed by atoms with E-state index in [9.17, 15) is 0 Å². The van der Waals surface area contributed by atoms with Crippen LogP contribution in [0.5, 0.6) is 0 Å². The lowest BCUT2D eigenvalue weighted by atomic mass is 10.1. The van der Waals surface area contributed by atoms with Crippen molar-refractivity contribution in [2.45, 2.75) is 40.7 Å². The number of aryl methyl sites for hydroxylation is 2. The summed E-state index contributed by atoms with van der Waals surface area (Å²) >= 11 is 0. The van der Waals surface area contributed by atoms with Crippen LogP contribution in [0, 0.1) is 19.8 Å². The standard InChI is InChI=1S/C20H31N5.HI/c1-5-21-20(23-14-18(4)15-25-10-6-8-24-25)22-9-7-19-12-16(2)11-17(3)13-19;/h6,8,10-13,18H,5,7,9,14-15H2,1-4H3,(H2,21,22,23);1H. The summed E-state index contributed by atoms with van der Waals surface area (Å²) in [6, 6.07) is 8.67. The fourth-order valence-electron chi connectivity index (χ4n) is 2.91. The molecule has 0 spiro atoms. The number of hydrogen-bond acceptors (Lipinski definition) is 2. The third-order valence-electron chi connectivity index (χ3n) is 3.95. The van der Waals surface area contributed by atoms with Gasteiger partial charge in [-0.05, 0) is 44.7 Å². The van der Waals surface area contributed by atoms with Gasteiger partial charge in [0.1, 0.15) is 0 Å². The van der Waals surface area contributed by atoms with E-state index in [4.69, 9.17) is 4.99 Å². The van der Waals surface area contributed by atoms with E-state index in [0.29, 0.717) is 5.92 Å². The van der Waals surface area contributed by atoms with Gasteiger partial charge >= 0.3 is 0 Å². The van der Waals surface area contributed by atoms with E-state index in [1.165, 1.54) is 16.7 Å². The van der Waals surface area contributed by atoms with Gasteiger partial charge in [0.05, 0.1) is 0 Å². The molecule has 1 heterocycles. The Morgan fingerprint density at radius 3 is 2.54 bits per heavy atom. The largest absolute Gasteiger partial charge is 0.357 e. The van der Waals surface area contributed by atoms with Gasteiger partial charge in [0, 0.05) is 38.6 Å². The van der Waals surface area contributed by atoms with Crippen molar-refractivity contribution >= 4 is 29.9 Å². The molecule has 0 saturated carbocycles. The quantitative estimate of drug-likeness (QED) is 0.353. The molecular formula is C20H32IN5. The third-order valence-corrected chi connectivity index (χ3v) is 3.95. The van der Waals surface area contributed by atoms with Crippen molar-refractivity contribution in [2.24, 2.45) is 10.9 Å². The van der Waals surface area contributed by atoms with E-state index in [-0.39, 0.29) is 24.0 Å². The highest BCUT2D eigenvalue weighted by atomic mass is 127. The number of aromatic nitrogens is 2. The summed E-state index contributed by atoms with van der Waals surface area (Å²) in [6.45, 7) is 12.0. The summed E-state index contributed by atoms with van der Waals surface area (Å²) in [5.74, 6) is 1.33. The van der Waals surface area contributed by atoms with E-state index in [1.807, 2.05) is 23.1 Å². The van der Waals surface area contributed by atoms with E-state index < -0.39 is 0 Å². The summed E-state index contributed by atoms with van der Waals surface area (Å²) in [6.07, 6.45) is 4.80. The van der Waals surface area contributed by atoms with Crippen LogP contribution in [-0.2, 0) is 13.0 Å². The minimum atomic E-state index is 0. The number of nitrogens with one attached hydrogen (secondary N) is 2. The SMILES string of the molecule is CCNC(=NCC(C)Cn1cccn1)NCCc1cc(C)cc(C)c1.I. The van der Waals surface area contributed by atoms with Gasteiger partial charge in [0.2, 0.25) is 0 Å². The highest BCUT2D eigenvalue weighted by Crippen LogP contribution is 2.09. The normalized spacial score (nSPS) is 12.4. The number of hydrogen-bond donors (Lipinski definition) is 2. The molecule has 5 nitrogen and oxygen atoms in total. The maximum absolute atomic E-state index is 4.71. The predicted molar refractivity (Wildman–Crippen MR) is 120 cm³/mol. The average molecular weight is 469 g/mol. The van der Waals surface area contributed by atoms with Crippen molar-refractivity contribution in [1.29, 1.82) is 0 Å². The fraction of sp³-hybridized carbons (Fsp3) is 0.500. The van der Waals surface area contributed by atoms with Crippen molar-refractivity contribution in [3.05, 3.63) is 53.3 Å². The molecule has 0 radical (unpaired) electrons. The minimum Gasteiger partial charge on any atom is -0.357 e. The second-order valence-electron chi connectivity index (χ2n) is 6.73. The lowest BCUT2D eigenvalue weighted by molar-refractivity contribution is 0.458. The summed E-state index contributed by atoms with van der Waals surface area (Å²) in [5.41, 5.74) is 4.01. The first-order valence-electron chi connectivity index (χ1n) is 9.13. The van der Waals surface area contributed by atoms with Crippen LogP contribution in [0.15, 0.2) is 41.7 Å². The zero-order valence-electron chi connectivity index (χ0n) is 16.3. The highest BCUT2D eigenvalue weighted by Gasteiger charge is 2.04. The zero-order valence-corrected chi connectivity index (χ0v) is 18.7. The van der Waals surface area contributed by atoms with Crippen molar-refractivity contribution in [3.8, 4) is 0 Å². The Balaban J connectivity index is 0.00000338. The molecule has 0 fully saturated rings. The van der Waals surface area contributed by atoms with Crippen LogP contribution in [0.3, 0.4) is 0 Å². The van der Waals surface area contributed by atoms with Crippen molar-refractivity contribution in [2.75, 3.05) is 19.6 Å². The molecule has 2 aromatic rings. The van der Waals surface area contributed by atoms with Crippen LogP contribution < -0.4 is 10.6 Å². The molecule has 0 saturated heterocycles. The van der Waals surface area contributed by atoms with Crippen molar-refractivity contribution in [3.63, 3.8) is 0 Å². The molecule has 1 aromatic carbocycles. The van der Waals surface area contributed by atoms with E-state index in [1.54, 1.807) is 0 Å². The van der Waals surface area contributed by atoms with Crippen LogP contribution in [-0.4, -0.2) is 35.4 Å². The molecule has 0 amide bonds. The maximum atomic E-state index is 4.71. The van der Waals surface area contributed by atoms with Gasteiger partial charge in [-0.3, -0.25) is 9.67 Å². The lowest BCUT2D eigenvalue weighted by Gasteiger charge is -2.14. The molecule has 2 N–H and O–H groups in total. The smallest absolute Gasteiger partial charge is 0.191 e. The second-order valence-corrected chi connectivity index (χ2v) is 6.73. The van der Waals surface area contributed by atoms with Gasteiger partial charge < -0.3 is 10.6 Å². The Bertz CT molecular complexity index is 647. The van der Waals surface area contributed by atoms with Gasteiger partial charge in [0.15, 0.2) is 5.96 Å². The number of rotatable bonds is 8. The maximum Gasteiger partial charge on any atom is 0.191 e. The summed E-state index contributed by atoms with van der Waals surface area (Å²) in [7, 11) is 0. The van der Waals surface area contributed by atoms with Gasteiger partial charge in [-0.15, -0.1) is 24.0 Å². The van der Waals surface area contributed by atoms with Crippen LogP contribution in [0.4, 0.5) is 0 Å². The third kappa shape index (κ3) is 8.21. The molecule has 0 aliphatic carbocycles. The highest BCUT2D eigenvalue weighted by molar-refractivity contribution is 14.0. The van der Waals surface area contributed by atoms with Gasteiger partial charge in [0.25, 0.3) is 0 Å². The van der Waals surface area contributed by atoms with E-state index >= 15 is 0 Å². The molecular weight excluding hydrogens is 437 g/mol. The number of nitrogens with zero attached hydrogens (tertiary/aromatic N) is 3. The van der Waals surface area contributed by atoms with Crippen LogP contribution in [0.25, 0.3) is 0 Å². The fourth-order valence-corrected chi connectivity index (χ4v) is 2.91. The molecule has 1 aromatic heterocycles. The number of aliphatic imine (C=N–C) groups is 1.